The summed E-state index contributed by atoms with van der Waals surface area (Å²) in [7, 11) is 3.30. The highest BCUT2D eigenvalue weighted by molar-refractivity contribution is 5.78. The summed E-state index contributed by atoms with van der Waals surface area (Å²) >= 11 is 0. The molecular formula is C19H29F3N6O. The normalized spacial score (nSPS) is 19.2. The summed E-state index contributed by atoms with van der Waals surface area (Å²) in [5.41, 5.74) is -0.940. The van der Waals surface area contributed by atoms with E-state index < -0.39 is 11.9 Å². The summed E-state index contributed by atoms with van der Waals surface area (Å²) in [6, 6.07) is 0.958. The summed E-state index contributed by atoms with van der Waals surface area (Å²) in [5, 5.41) is 0. The van der Waals surface area contributed by atoms with Crippen molar-refractivity contribution in [3.63, 3.8) is 0 Å². The van der Waals surface area contributed by atoms with E-state index in [1.165, 1.54) is 17.7 Å². The van der Waals surface area contributed by atoms with Crippen LogP contribution in [0.2, 0.25) is 0 Å². The van der Waals surface area contributed by atoms with E-state index in [0.717, 1.165) is 32.0 Å². The van der Waals surface area contributed by atoms with Crippen LogP contribution in [0.1, 0.15) is 31.4 Å². The van der Waals surface area contributed by atoms with E-state index in [1.807, 2.05) is 4.90 Å². The Morgan fingerprint density at radius 1 is 1.00 bits per heavy atom. The van der Waals surface area contributed by atoms with Crippen LogP contribution in [-0.4, -0.2) is 85.6 Å². The minimum Gasteiger partial charge on any atom is -0.363 e. The van der Waals surface area contributed by atoms with Crippen LogP contribution in [0.15, 0.2) is 6.07 Å². The zero-order chi connectivity index (χ0) is 21.0. The molecule has 2 aliphatic rings. The van der Waals surface area contributed by atoms with Gasteiger partial charge in [-0.25, -0.2) is 4.98 Å². The molecule has 0 spiro atoms. The number of carbonyl (C=O) groups excluding carboxylic acids is 1. The van der Waals surface area contributed by atoms with Crippen molar-refractivity contribution in [3.8, 4) is 0 Å². The molecule has 0 aromatic carbocycles. The highest BCUT2D eigenvalue weighted by Crippen LogP contribution is 2.31. The molecule has 0 atom stereocenters. The van der Waals surface area contributed by atoms with Crippen LogP contribution < -0.4 is 9.80 Å². The van der Waals surface area contributed by atoms with Crippen LogP contribution in [0.3, 0.4) is 0 Å². The van der Waals surface area contributed by atoms with E-state index in [4.69, 9.17) is 0 Å². The number of hydrogen-bond acceptors (Lipinski definition) is 6. The topological polar surface area (TPSA) is 55.8 Å². The quantitative estimate of drug-likeness (QED) is 0.752. The molecule has 1 aromatic heterocycles. The van der Waals surface area contributed by atoms with E-state index in [9.17, 15) is 18.0 Å². The smallest absolute Gasteiger partial charge is 0.363 e. The van der Waals surface area contributed by atoms with Crippen LogP contribution in [0.25, 0.3) is 0 Å². The molecule has 3 heterocycles. The maximum atomic E-state index is 13.2. The molecule has 0 saturated carbocycles. The number of amides is 1. The first-order valence-electron chi connectivity index (χ1n) is 10.1. The Balaban J connectivity index is 1.61. The van der Waals surface area contributed by atoms with Crippen LogP contribution in [-0.2, 0) is 11.0 Å². The molecule has 0 radical (unpaired) electrons. The Morgan fingerprint density at radius 2 is 1.62 bits per heavy atom. The molecule has 2 fully saturated rings. The number of rotatable bonds is 4. The summed E-state index contributed by atoms with van der Waals surface area (Å²) in [4.78, 5) is 27.9. The molecule has 7 nitrogen and oxygen atoms in total. The van der Waals surface area contributed by atoms with Crippen molar-refractivity contribution >= 4 is 17.7 Å². The molecule has 0 N–H and O–H groups in total. The predicted octanol–water partition coefficient (Wildman–Crippen LogP) is 2.09. The molecule has 29 heavy (non-hydrogen) atoms. The number of alkyl halides is 3. The van der Waals surface area contributed by atoms with Gasteiger partial charge in [0.15, 0.2) is 5.69 Å². The van der Waals surface area contributed by atoms with Crippen molar-refractivity contribution in [3.05, 3.63) is 11.8 Å². The molecule has 10 heteroatoms. The van der Waals surface area contributed by atoms with Crippen molar-refractivity contribution in [2.75, 3.05) is 69.7 Å². The number of anilines is 2. The number of piperazine rings is 1. The van der Waals surface area contributed by atoms with Crippen molar-refractivity contribution < 1.29 is 18.0 Å². The lowest BCUT2D eigenvalue weighted by Crippen LogP contribution is -2.50. The second-order valence-corrected chi connectivity index (χ2v) is 7.86. The van der Waals surface area contributed by atoms with Gasteiger partial charge in [-0.1, -0.05) is 12.8 Å². The first-order valence-corrected chi connectivity index (χ1v) is 10.1. The van der Waals surface area contributed by atoms with Crippen LogP contribution in [0.5, 0.6) is 0 Å². The van der Waals surface area contributed by atoms with Gasteiger partial charge in [0.2, 0.25) is 11.9 Å². The Morgan fingerprint density at radius 3 is 2.17 bits per heavy atom. The van der Waals surface area contributed by atoms with Crippen LogP contribution in [0.4, 0.5) is 24.9 Å². The predicted molar refractivity (Wildman–Crippen MR) is 105 cm³/mol. The number of likely N-dealkylation sites (tertiary alicyclic amines) is 1. The lowest BCUT2D eigenvalue weighted by Gasteiger charge is -2.35. The fourth-order valence-corrected chi connectivity index (χ4v) is 3.66. The largest absolute Gasteiger partial charge is 0.433 e. The van der Waals surface area contributed by atoms with E-state index in [1.54, 1.807) is 19.0 Å². The van der Waals surface area contributed by atoms with Crippen molar-refractivity contribution in [2.24, 2.45) is 0 Å². The minimum absolute atomic E-state index is 0.0852. The molecule has 2 aliphatic heterocycles. The molecule has 0 bridgehead atoms. The summed E-state index contributed by atoms with van der Waals surface area (Å²) in [6.07, 6.45) is -0.0617. The molecule has 2 saturated heterocycles. The highest BCUT2D eigenvalue weighted by Gasteiger charge is 2.35. The average Bonchev–Trinajstić information content (AvgIpc) is 2.97. The van der Waals surface area contributed by atoms with Gasteiger partial charge in [0, 0.05) is 59.4 Å². The summed E-state index contributed by atoms with van der Waals surface area (Å²) in [6.45, 7) is 4.17. The van der Waals surface area contributed by atoms with Gasteiger partial charge in [0.05, 0.1) is 6.54 Å². The van der Waals surface area contributed by atoms with Gasteiger partial charge in [-0.05, 0) is 12.8 Å². The van der Waals surface area contributed by atoms with Gasteiger partial charge in [0.25, 0.3) is 0 Å². The Bertz CT molecular complexity index is 696. The SMILES string of the molecule is CN(C)c1cc(C(F)(F)F)nc(N2CCN(CC(=O)N3CCCCCC3)CC2)n1. The zero-order valence-electron chi connectivity index (χ0n) is 17.1. The third-order valence-electron chi connectivity index (χ3n) is 5.42. The molecule has 3 rings (SSSR count). The Hall–Kier alpha value is -2.10. The van der Waals surface area contributed by atoms with Crippen molar-refractivity contribution in [1.82, 2.24) is 19.8 Å². The zero-order valence-corrected chi connectivity index (χ0v) is 17.1. The van der Waals surface area contributed by atoms with Gasteiger partial charge in [-0.2, -0.15) is 18.2 Å². The third-order valence-corrected chi connectivity index (χ3v) is 5.42. The van der Waals surface area contributed by atoms with Gasteiger partial charge < -0.3 is 14.7 Å². The maximum Gasteiger partial charge on any atom is 0.433 e. The number of aromatic nitrogens is 2. The molecule has 0 aliphatic carbocycles. The van der Waals surface area contributed by atoms with Crippen LogP contribution >= 0.6 is 0 Å². The van der Waals surface area contributed by atoms with E-state index in [2.05, 4.69) is 14.9 Å². The lowest BCUT2D eigenvalue weighted by molar-refractivity contribution is -0.141. The fraction of sp³-hybridized carbons (Fsp3) is 0.737. The second kappa shape index (κ2) is 9.15. The highest BCUT2D eigenvalue weighted by atomic mass is 19.4. The lowest BCUT2D eigenvalue weighted by atomic mass is 10.2. The number of halogens is 3. The number of nitrogens with zero attached hydrogens (tertiary/aromatic N) is 6. The standard InChI is InChI=1S/C19H29F3N6O/c1-25(2)16-13-15(19(20,21)22)23-18(24-16)28-11-9-26(10-12-28)14-17(29)27-7-5-3-4-6-8-27/h13H,3-12,14H2,1-2H3. The monoisotopic (exact) mass is 414 g/mol. The van der Waals surface area contributed by atoms with E-state index in [0.29, 0.717) is 32.7 Å². The van der Waals surface area contributed by atoms with E-state index >= 15 is 0 Å². The van der Waals surface area contributed by atoms with Gasteiger partial charge >= 0.3 is 6.18 Å². The van der Waals surface area contributed by atoms with Gasteiger partial charge in [-0.3, -0.25) is 9.69 Å². The van der Waals surface area contributed by atoms with Gasteiger partial charge in [-0.15, -0.1) is 0 Å². The van der Waals surface area contributed by atoms with Crippen molar-refractivity contribution in [1.29, 1.82) is 0 Å². The van der Waals surface area contributed by atoms with Crippen molar-refractivity contribution in [2.45, 2.75) is 31.9 Å². The van der Waals surface area contributed by atoms with Gasteiger partial charge in [0.1, 0.15) is 5.82 Å². The molecule has 162 valence electrons. The number of carbonyl (C=O) groups is 1. The molecule has 1 aromatic rings. The molecule has 1 amide bonds. The maximum absolute atomic E-state index is 13.2. The van der Waals surface area contributed by atoms with E-state index in [-0.39, 0.29) is 17.7 Å². The first-order chi connectivity index (χ1) is 13.7. The first kappa shape index (κ1) is 21.6. The van der Waals surface area contributed by atoms with Crippen LogP contribution in [0, 0.1) is 0 Å². The summed E-state index contributed by atoms with van der Waals surface area (Å²) < 4.78 is 39.6. The Kier molecular flexibility index (Phi) is 6.81. The summed E-state index contributed by atoms with van der Waals surface area (Å²) in [5.74, 6) is 0.452. The minimum atomic E-state index is -4.52. The average molecular weight is 414 g/mol. The molecular weight excluding hydrogens is 385 g/mol. The second-order valence-electron chi connectivity index (χ2n) is 7.86. The third kappa shape index (κ3) is 5.71. The Labute approximate surface area is 169 Å². The number of hydrogen-bond donors (Lipinski definition) is 0. The molecule has 0 unspecified atom stereocenters. The fourth-order valence-electron chi connectivity index (χ4n) is 3.66.